The number of benzene rings is 1. The second-order valence-corrected chi connectivity index (χ2v) is 3.80. The molecule has 0 aliphatic rings. The first-order valence-corrected chi connectivity index (χ1v) is 5.17. The third kappa shape index (κ3) is 2.24. The number of aromatic nitrogens is 1. The van der Waals surface area contributed by atoms with Gasteiger partial charge in [-0.25, -0.2) is 0 Å². The summed E-state index contributed by atoms with van der Waals surface area (Å²) in [5.74, 6) is 0.451. The molecule has 0 saturated heterocycles. The number of hydrogen-bond donors (Lipinski definition) is 1. The lowest BCUT2D eigenvalue weighted by Crippen LogP contribution is -2.04. The van der Waals surface area contributed by atoms with Crippen LogP contribution in [0, 0.1) is 6.92 Å². The van der Waals surface area contributed by atoms with Crippen molar-refractivity contribution in [2.24, 2.45) is 0 Å². The van der Waals surface area contributed by atoms with Gasteiger partial charge in [-0.15, -0.1) is 0 Å². The Bertz CT molecular complexity index is 543. The highest BCUT2D eigenvalue weighted by molar-refractivity contribution is 5.63. The van der Waals surface area contributed by atoms with Gasteiger partial charge in [0.15, 0.2) is 0 Å². The second kappa shape index (κ2) is 4.45. The molecule has 0 spiro atoms. The average Bonchev–Trinajstić information content (AvgIpc) is 2.69. The Balaban J connectivity index is 2.40. The van der Waals surface area contributed by atoms with E-state index in [4.69, 9.17) is 9.63 Å². The largest absolute Gasteiger partial charge is 0.416 e. The highest BCUT2D eigenvalue weighted by Crippen LogP contribution is 2.32. The van der Waals surface area contributed by atoms with E-state index >= 15 is 0 Å². The second-order valence-electron chi connectivity index (χ2n) is 3.80. The van der Waals surface area contributed by atoms with Crippen molar-refractivity contribution in [3.05, 3.63) is 41.2 Å². The Hall–Kier alpha value is -1.82. The molecular weight excluding hydrogens is 247 g/mol. The number of aliphatic hydroxyl groups excluding tert-OH is 1. The van der Waals surface area contributed by atoms with Crippen molar-refractivity contribution in [1.82, 2.24) is 5.16 Å². The Kier molecular flexibility index (Phi) is 3.13. The lowest BCUT2D eigenvalue weighted by Gasteiger charge is -2.06. The molecule has 1 heterocycles. The van der Waals surface area contributed by atoms with E-state index in [9.17, 15) is 13.2 Å². The topological polar surface area (TPSA) is 46.3 Å². The number of aryl methyl sites for hydroxylation is 1. The van der Waals surface area contributed by atoms with E-state index in [1.54, 1.807) is 6.92 Å². The molecule has 1 aromatic heterocycles. The van der Waals surface area contributed by atoms with Crippen LogP contribution in [0.4, 0.5) is 13.2 Å². The molecule has 0 radical (unpaired) electrons. The van der Waals surface area contributed by atoms with Gasteiger partial charge in [-0.2, -0.15) is 13.2 Å². The third-order valence-electron chi connectivity index (χ3n) is 2.63. The van der Waals surface area contributed by atoms with Crippen molar-refractivity contribution in [1.29, 1.82) is 0 Å². The van der Waals surface area contributed by atoms with Crippen molar-refractivity contribution in [2.75, 3.05) is 0 Å². The number of nitrogens with zero attached hydrogens (tertiary/aromatic N) is 1. The molecule has 18 heavy (non-hydrogen) atoms. The maximum Gasteiger partial charge on any atom is 0.416 e. The summed E-state index contributed by atoms with van der Waals surface area (Å²) in [5.41, 5.74) is 0.597. The Morgan fingerprint density at radius 2 is 1.83 bits per heavy atom. The van der Waals surface area contributed by atoms with Gasteiger partial charge in [0.1, 0.15) is 11.5 Å². The fraction of sp³-hybridized carbons (Fsp3) is 0.250. The van der Waals surface area contributed by atoms with Crippen molar-refractivity contribution in [3.63, 3.8) is 0 Å². The summed E-state index contributed by atoms with van der Waals surface area (Å²) in [6, 6.07) is 4.56. The van der Waals surface area contributed by atoms with E-state index in [1.807, 2.05) is 0 Å². The zero-order valence-corrected chi connectivity index (χ0v) is 9.45. The van der Waals surface area contributed by atoms with E-state index in [-0.39, 0.29) is 6.61 Å². The minimum atomic E-state index is -4.36. The van der Waals surface area contributed by atoms with Crippen LogP contribution in [0.2, 0.25) is 0 Å². The van der Waals surface area contributed by atoms with E-state index in [0.29, 0.717) is 22.6 Å². The Morgan fingerprint density at radius 3 is 2.33 bits per heavy atom. The first-order chi connectivity index (χ1) is 8.43. The highest BCUT2D eigenvalue weighted by atomic mass is 19.4. The number of rotatable bonds is 2. The number of halogens is 3. The summed E-state index contributed by atoms with van der Waals surface area (Å²) in [4.78, 5) is 0. The first-order valence-electron chi connectivity index (χ1n) is 5.17. The van der Waals surface area contributed by atoms with Crippen molar-refractivity contribution in [3.8, 4) is 11.3 Å². The number of aliphatic hydroxyl groups is 1. The fourth-order valence-electron chi connectivity index (χ4n) is 1.62. The summed E-state index contributed by atoms with van der Waals surface area (Å²) in [6.45, 7) is 1.36. The van der Waals surface area contributed by atoms with Gasteiger partial charge in [0.05, 0.1) is 12.2 Å². The maximum absolute atomic E-state index is 12.4. The van der Waals surface area contributed by atoms with Crippen LogP contribution in [-0.2, 0) is 12.8 Å². The maximum atomic E-state index is 12.4. The predicted molar refractivity (Wildman–Crippen MR) is 57.6 cm³/mol. The van der Waals surface area contributed by atoms with Crippen LogP contribution in [-0.4, -0.2) is 10.3 Å². The molecule has 6 heteroatoms. The van der Waals surface area contributed by atoms with Crippen LogP contribution >= 0.6 is 0 Å². The van der Waals surface area contributed by atoms with Crippen molar-refractivity contribution in [2.45, 2.75) is 19.7 Å². The molecule has 0 fully saturated rings. The van der Waals surface area contributed by atoms with E-state index in [0.717, 1.165) is 12.1 Å². The number of alkyl halides is 3. The molecular formula is C12H10F3NO2. The van der Waals surface area contributed by atoms with Crippen LogP contribution in [0.1, 0.15) is 16.9 Å². The summed E-state index contributed by atoms with van der Waals surface area (Å²) in [5, 5.41) is 12.9. The monoisotopic (exact) mass is 257 g/mol. The molecule has 0 bridgehead atoms. The van der Waals surface area contributed by atoms with Crippen LogP contribution in [0.15, 0.2) is 28.8 Å². The third-order valence-corrected chi connectivity index (χ3v) is 2.63. The van der Waals surface area contributed by atoms with Crippen molar-refractivity contribution >= 4 is 0 Å². The van der Waals surface area contributed by atoms with E-state index in [1.165, 1.54) is 12.1 Å². The average molecular weight is 257 g/mol. The Morgan fingerprint density at radius 1 is 1.22 bits per heavy atom. The molecule has 0 unspecified atom stereocenters. The number of hydrogen-bond acceptors (Lipinski definition) is 3. The molecule has 2 rings (SSSR count). The van der Waals surface area contributed by atoms with Gasteiger partial charge in [-0.1, -0.05) is 17.3 Å². The van der Waals surface area contributed by atoms with Gasteiger partial charge in [0.2, 0.25) is 0 Å². The van der Waals surface area contributed by atoms with Gasteiger partial charge in [-0.3, -0.25) is 0 Å². The van der Waals surface area contributed by atoms with Gasteiger partial charge >= 0.3 is 6.18 Å². The summed E-state index contributed by atoms with van der Waals surface area (Å²) in [7, 11) is 0. The molecule has 0 aliphatic heterocycles. The lowest BCUT2D eigenvalue weighted by molar-refractivity contribution is -0.137. The zero-order valence-electron chi connectivity index (χ0n) is 9.45. The SMILES string of the molecule is Cc1onc(-c2ccc(C(F)(F)F)cc2)c1CO. The molecule has 3 nitrogen and oxygen atoms in total. The molecule has 0 amide bonds. The normalized spacial score (nSPS) is 11.8. The molecule has 1 N–H and O–H groups in total. The molecule has 1 aromatic carbocycles. The smallest absolute Gasteiger partial charge is 0.391 e. The first kappa shape index (κ1) is 12.6. The quantitative estimate of drug-likeness (QED) is 0.898. The van der Waals surface area contributed by atoms with E-state index < -0.39 is 11.7 Å². The van der Waals surface area contributed by atoms with Gasteiger partial charge in [-0.05, 0) is 19.1 Å². The van der Waals surface area contributed by atoms with Crippen LogP contribution in [0.3, 0.4) is 0 Å². The van der Waals surface area contributed by atoms with Crippen LogP contribution in [0.5, 0.6) is 0 Å². The standard InChI is InChI=1S/C12H10F3NO2/c1-7-10(6-17)11(16-18-7)8-2-4-9(5-3-8)12(13,14)15/h2-5,17H,6H2,1H3. The molecule has 0 atom stereocenters. The van der Waals surface area contributed by atoms with Gasteiger partial charge in [0, 0.05) is 11.1 Å². The lowest BCUT2D eigenvalue weighted by atomic mass is 10.0. The fourth-order valence-corrected chi connectivity index (χ4v) is 1.62. The predicted octanol–water partition coefficient (Wildman–Crippen LogP) is 3.16. The molecule has 0 saturated carbocycles. The minimum Gasteiger partial charge on any atom is -0.391 e. The Labute approximate surface area is 101 Å². The summed E-state index contributed by atoms with van der Waals surface area (Å²) in [6.07, 6.45) is -4.36. The van der Waals surface area contributed by atoms with Crippen LogP contribution < -0.4 is 0 Å². The minimum absolute atomic E-state index is 0.272. The van der Waals surface area contributed by atoms with Gasteiger partial charge < -0.3 is 9.63 Å². The summed E-state index contributed by atoms with van der Waals surface area (Å²) < 4.78 is 42.1. The molecule has 96 valence electrons. The molecule has 0 aliphatic carbocycles. The van der Waals surface area contributed by atoms with E-state index in [2.05, 4.69) is 5.16 Å². The van der Waals surface area contributed by atoms with Crippen molar-refractivity contribution < 1.29 is 22.8 Å². The zero-order chi connectivity index (χ0) is 13.3. The highest BCUT2D eigenvalue weighted by Gasteiger charge is 2.30. The van der Waals surface area contributed by atoms with Gasteiger partial charge in [0.25, 0.3) is 0 Å². The molecule has 2 aromatic rings. The summed E-state index contributed by atoms with van der Waals surface area (Å²) >= 11 is 0. The van der Waals surface area contributed by atoms with Crippen LogP contribution in [0.25, 0.3) is 11.3 Å².